The molecule has 2 rings (SSSR count). The summed E-state index contributed by atoms with van der Waals surface area (Å²) in [7, 11) is 4.15. The van der Waals surface area contributed by atoms with Gasteiger partial charge >= 0.3 is 0 Å². The molecule has 0 saturated carbocycles. The van der Waals surface area contributed by atoms with Gasteiger partial charge in [0.1, 0.15) is 0 Å². The molecule has 0 bridgehead atoms. The molecule has 0 spiro atoms. The van der Waals surface area contributed by atoms with Gasteiger partial charge in [-0.05, 0) is 30.7 Å². The average molecular weight is 236 g/mol. The molecule has 1 N–H and O–H groups in total. The predicted molar refractivity (Wildman–Crippen MR) is 73.2 cm³/mol. The van der Waals surface area contributed by atoms with Gasteiger partial charge in [-0.25, -0.2) is 0 Å². The third kappa shape index (κ3) is 2.71. The highest BCUT2D eigenvalue weighted by atomic mass is 32.2. The van der Waals surface area contributed by atoms with Gasteiger partial charge in [-0.2, -0.15) is 0 Å². The Morgan fingerprint density at radius 1 is 1.25 bits per heavy atom. The lowest BCUT2D eigenvalue weighted by Crippen LogP contribution is -2.28. The van der Waals surface area contributed by atoms with E-state index < -0.39 is 0 Å². The Morgan fingerprint density at radius 3 is 2.50 bits per heavy atom. The lowest BCUT2D eigenvalue weighted by atomic mass is 10.2. The summed E-state index contributed by atoms with van der Waals surface area (Å²) in [5.74, 6) is 0. The van der Waals surface area contributed by atoms with E-state index in [1.54, 1.807) is 0 Å². The molecular weight excluding hydrogens is 216 g/mol. The van der Waals surface area contributed by atoms with Crippen molar-refractivity contribution in [2.45, 2.75) is 24.0 Å². The third-order valence-electron chi connectivity index (χ3n) is 2.96. The van der Waals surface area contributed by atoms with Gasteiger partial charge in [0.05, 0.1) is 5.37 Å². The molecule has 2 atom stereocenters. The highest BCUT2D eigenvalue weighted by Crippen LogP contribution is 2.34. The van der Waals surface area contributed by atoms with Gasteiger partial charge in [-0.15, -0.1) is 11.8 Å². The molecule has 1 heterocycles. The monoisotopic (exact) mass is 236 g/mol. The van der Waals surface area contributed by atoms with E-state index in [9.17, 15) is 0 Å². The minimum atomic E-state index is 0.472. The second-order valence-corrected chi connectivity index (χ2v) is 6.10. The normalized spacial score (nSPS) is 25.4. The summed E-state index contributed by atoms with van der Waals surface area (Å²) in [4.78, 5) is 2.13. The number of hydrogen-bond acceptors (Lipinski definition) is 3. The maximum absolute atomic E-state index is 3.56. The smallest absolute Gasteiger partial charge is 0.0792 e. The first-order chi connectivity index (χ1) is 7.66. The fraction of sp³-hybridized carbons (Fsp3) is 0.538. The minimum Gasteiger partial charge on any atom is -0.378 e. The van der Waals surface area contributed by atoms with Crippen molar-refractivity contribution in [1.29, 1.82) is 0 Å². The van der Waals surface area contributed by atoms with Gasteiger partial charge < -0.3 is 10.2 Å². The molecule has 2 nitrogen and oxygen atoms in total. The van der Waals surface area contributed by atoms with Gasteiger partial charge in [0, 0.05) is 25.0 Å². The minimum absolute atomic E-state index is 0.472. The lowest BCUT2D eigenvalue weighted by Gasteiger charge is -2.28. The number of nitrogens with zero attached hydrogens (tertiary/aromatic N) is 1. The van der Waals surface area contributed by atoms with Crippen molar-refractivity contribution in [3.63, 3.8) is 0 Å². The molecule has 16 heavy (non-hydrogen) atoms. The fourth-order valence-corrected chi connectivity index (χ4v) is 3.16. The van der Waals surface area contributed by atoms with Crippen molar-refractivity contribution in [2.75, 3.05) is 25.5 Å². The first kappa shape index (κ1) is 11.8. The molecule has 1 aromatic rings. The Labute approximate surface area is 102 Å². The first-order valence-electron chi connectivity index (χ1n) is 5.83. The zero-order valence-electron chi connectivity index (χ0n) is 10.2. The molecule has 0 amide bonds. The quantitative estimate of drug-likeness (QED) is 0.850. The van der Waals surface area contributed by atoms with Crippen molar-refractivity contribution in [1.82, 2.24) is 5.32 Å². The molecule has 0 aliphatic carbocycles. The molecule has 1 aliphatic heterocycles. The van der Waals surface area contributed by atoms with Crippen LogP contribution in [0.2, 0.25) is 0 Å². The van der Waals surface area contributed by atoms with E-state index in [1.165, 1.54) is 17.7 Å². The number of anilines is 1. The number of thioether (sulfide) groups is 1. The summed E-state index contributed by atoms with van der Waals surface area (Å²) in [6, 6.07) is 8.85. The Balaban J connectivity index is 2.09. The van der Waals surface area contributed by atoms with Gasteiger partial charge in [0.15, 0.2) is 0 Å². The maximum Gasteiger partial charge on any atom is 0.0792 e. The van der Waals surface area contributed by atoms with Crippen LogP contribution in [0.4, 0.5) is 5.69 Å². The number of benzene rings is 1. The van der Waals surface area contributed by atoms with Crippen LogP contribution in [0.25, 0.3) is 0 Å². The van der Waals surface area contributed by atoms with Crippen LogP contribution in [0.5, 0.6) is 0 Å². The number of rotatable bonds is 2. The molecule has 0 aromatic heterocycles. The lowest BCUT2D eigenvalue weighted by molar-refractivity contribution is 0.605. The van der Waals surface area contributed by atoms with Crippen molar-refractivity contribution in [3.8, 4) is 0 Å². The predicted octanol–water partition coefficient (Wildman–Crippen LogP) is 2.87. The highest BCUT2D eigenvalue weighted by molar-refractivity contribution is 8.00. The van der Waals surface area contributed by atoms with Crippen molar-refractivity contribution in [3.05, 3.63) is 29.8 Å². The van der Waals surface area contributed by atoms with Crippen LogP contribution in [0, 0.1) is 0 Å². The number of nitrogens with one attached hydrogen (secondary N) is 1. The largest absolute Gasteiger partial charge is 0.378 e. The van der Waals surface area contributed by atoms with Gasteiger partial charge in [-0.1, -0.05) is 19.1 Å². The van der Waals surface area contributed by atoms with E-state index in [2.05, 4.69) is 55.5 Å². The van der Waals surface area contributed by atoms with Gasteiger partial charge in [-0.3, -0.25) is 0 Å². The molecule has 1 aliphatic rings. The van der Waals surface area contributed by atoms with Crippen molar-refractivity contribution >= 4 is 17.4 Å². The van der Waals surface area contributed by atoms with E-state index >= 15 is 0 Å². The highest BCUT2D eigenvalue weighted by Gasteiger charge is 2.19. The van der Waals surface area contributed by atoms with Crippen molar-refractivity contribution < 1.29 is 0 Å². The molecule has 2 unspecified atom stereocenters. The van der Waals surface area contributed by atoms with E-state index in [-0.39, 0.29) is 0 Å². The molecule has 3 heteroatoms. The summed E-state index contributed by atoms with van der Waals surface area (Å²) < 4.78 is 0. The third-order valence-corrected chi connectivity index (χ3v) is 4.37. The number of hydrogen-bond donors (Lipinski definition) is 1. The topological polar surface area (TPSA) is 15.3 Å². The van der Waals surface area contributed by atoms with Crippen LogP contribution in [0.1, 0.15) is 24.3 Å². The summed E-state index contributed by atoms with van der Waals surface area (Å²) in [5, 5.41) is 4.80. The maximum atomic E-state index is 3.56. The van der Waals surface area contributed by atoms with Crippen molar-refractivity contribution in [2.24, 2.45) is 0 Å². The summed E-state index contributed by atoms with van der Waals surface area (Å²) in [6.07, 6.45) is 1.27. The molecule has 1 fully saturated rings. The van der Waals surface area contributed by atoms with Crippen LogP contribution in [-0.4, -0.2) is 25.9 Å². The Kier molecular flexibility index (Phi) is 3.77. The second kappa shape index (κ2) is 5.11. The zero-order chi connectivity index (χ0) is 11.5. The van der Waals surface area contributed by atoms with Gasteiger partial charge in [0.2, 0.25) is 0 Å². The Hall–Kier alpha value is -0.670. The summed E-state index contributed by atoms with van der Waals surface area (Å²) in [6.45, 7) is 3.45. The second-order valence-electron chi connectivity index (χ2n) is 4.56. The molecule has 1 saturated heterocycles. The molecule has 0 radical (unpaired) electrons. The van der Waals surface area contributed by atoms with Crippen LogP contribution >= 0.6 is 11.8 Å². The average Bonchev–Trinajstić information content (AvgIpc) is 2.29. The molecular formula is C13H20N2S. The van der Waals surface area contributed by atoms with E-state index in [0.29, 0.717) is 5.37 Å². The van der Waals surface area contributed by atoms with Crippen LogP contribution in [0.15, 0.2) is 24.3 Å². The van der Waals surface area contributed by atoms with E-state index in [0.717, 1.165) is 11.8 Å². The summed E-state index contributed by atoms with van der Waals surface area (Å²) in [5.41, 5.74) is 2.65. The SMILES string of the molecule is CC1CCNC(c2ccc(N(C)C)cc2)S1. The fourth-order valence-electron chi connectivity index (χ4n) is 1.91. The standard InChI is InChI=1S/C13H20N2S/c1-10-8-9-14-13(16-10)11-4-6-12(7-5-11)15(2)3/h4-7,10,13-14H,8-9H2,1-3H3. The molecule has 1 aromatic carbocycles. The van der Waals surface area contributed by atoms with E-state index in [4.69, 9.17) is 0 Å². The Morgan fingerprint density at radius 2 is 1.94 bits per heavy atom. The zero-order valence-corrected chi connectivity index (χ0v) is 11.1. The molecule has 88 valence electrons. The van der Waals surface area contributed by atoms with E-state index in [1.807, 2.05) is 11.8 Å². The Bertz CT molecular complexity index is 334. The van der Waals surface area contributed by atoms with Crippen LogP contribution in [0.3, 0.4) is 0 Å². The van der Waals surface area contributed by atoms with Crippen LogP contribution < -0.4 is 10.2 Å². The van der Waals surface area contributed by atoms with Crippen LogP contribution in [-0.2, 0) is 0 Å². The van der Waals surface area contributed by atoms with Gasteiger partial charge in [0.25, 0.3) is 0 Å². The summed E-state index contributed by atoms with van der Waals surface area (Å²) >= 11 is 2.03. The first-order valence-corrected chi connectivity index (χ1v) is 6.77.